The first-order chi connectivity index (χ1) is 16.8. The van der Waals surface area contributed by atoms with Gasteiger partial charge in [-0.3, -0.25) is 9.13 Å². The minimum absolute atomic E-state index is 0.735. The lowest BCUT2D eigenvalue weighted by Crippen LogP contribution is -2.08. The van der Waals surface area contributed by atoms with Crippen molar-refractivity contribution in [3.8, 4) is 11.6 Å². The van der Waals surface area contributed by atoms with Crippen LogP contribution in [0.15, 0.2) is 96.4 Å². The van der Waals surface area contributed by atoms with E-state index < -0.39 is 0 Å². The molecule has 7 rings (SSSR count). The summed E-state index contributed by atoms with van der Waals surface area (Å²) in [7, 11) is 0. The maximum Gasteiger partial charge on any atom is 0.143 e. The van der Waals surface area contributed by atoms with Crippen molar-refractivity contribution >= 4 is 38.8 Å². The normalized spacial score (nSPS) is 12.6. The number of rotatable bonds is 2. The van der Waals surface area contributed by atoms with Gasteiger partial charge in [-0.05, 0) is 37.3 Å². The first kappa shape index (κ1) is 18.9. The molecule has 6 aromatic rings. The number of hydrogen-bond donors (Lipinski definition) is 0. The van der Waals surface area contributed by atoms with Crippen molar-refractivity contribution in [2.45, 2.75) is 13.3 Å². The first-order valence-electron chi connectivity index (χ1n) is 11.4. The summed E-state index contributed by atoms with van der Waals surface area (Å²) in [6.45, 7) is 1.96. The van der Waals surface area contributed by atoms with Crippen LogP contribution < -0.4 is 0 Å². The van der Waals surface area contributed by atoms with Crippen LogP contribution in [0.3, 0.4) is 0 Å². The predicted molar refractivity (Wildman–Crippen MR) is 138 cm³/mol. The molecule has 0 aliphatic heterocycles. The van der Waals surface area contributed by atoms with Crippen LogP contribution in [0.5, 0.6) is 0 Å². The zero-order chi connectivity index (χ0) is 22.6. The lowest BCUT2D eigenvalue weighted by molar-refractivity contribution is 0.899. The van der Waals surface area contributed by atoms with Gasteiger partial charge in [0.25, 0.3) is 0 Å². The van der Waals surface area contributed by atoms with E-state index in [0.717, 1.165) is 40.4 Å². The van der Waals surface area contributed by atoms with Gasteiger partial charge in [0.05, 0.1) is 16.6 Å². The third-order valence-electron chi connectivity index (χ3n) is 6.56. The molecule has 3 heterocycles. The topological polar surface area (TPSA) is 35.6 Å². The van der Waals surface area contributed by atoms with Crippen molar-refractivity contribution < 1.29 is 0 Å². The van der Waals surface area contributed by atoms with Gasteiger partial charge in [-0.15, -0.1) is 0 Å². The Balaban J connectivity index is 1.56. The number of benzene rings is 3. The number of para-hydroxylation sites is 3. The Bertz CT molecular complexity index is 1820. The molecule has 0 unspecified atom stereocenters. The van der Waals surface area contributed by atoms with Gasteiger partial charge < -0.3 is 0 Å². The van der Waals surface area contributed by atoms with Crippen molar-refractivity contribution in [3.63, 3.8) is 0 Å². The second-order valence-electron chi connectivity index (χ2n) is 8.56. The number of aryl methyl sites for hydroxylation is 1. The number of nitrogens with zero attached hydrogens (tertiary/aromatic N) is 4. The number of hydrogen-bond acceptors (Lipinski definition) is 2. The zero-order valence-corrected chi connectivity index (χ0v) is 18.7. The molecule has 0 N–H and O–H groups in total. The molecule has 4 nitrogen and oxygen atoms in total. The molecule has 0 saturated carbocycles. The van der Waals surface area contributed by atoms with Crippen LogP contribution in [0.1, 0.15) is 17.1 Å². The molecule has 1 aliphatic rings. The average molecular weight is 437 g/mol. The van der Waals surface area contributed by atoms with E-state index in [1.807, 2.05) is 19.1 Å². The van der Waals surface area contributed by atoms with Gasteiger partial charge in [-0.2, -0.15) is 0 Å². The molecule has 0 spiro atoms. The number of aromatic nitrogens is 4. The molecular formula is C30H20N4. The monoisotopic (exact) mass is 436 g/mol. The van der Waals surface area contributed by atoms with Crippen LogP contribution in [0.4, 0.5) is 0 Å². The van der Waals surface area contributed by atoms with Crippen molar-refractivity contribution in [1.29, 1.82) is 0 Å². The van der Waals surface area contributed by atoms with Crippen molar-refractivity contribution in [2.75, 3.05) is 0 Å². The molecule has 3 aromatic heterocycles. The minimum Gasteiger partial charge on any atom is -0.297 e. The lowest BCUT2D eigenvalue weighted by atomic mass is 10.1. The molecule has 0 atom stereocenters. The largest absolute Gasteiger partial charge is 0.297 e. The van der Waals surface area contributed by atoms with Crippen LogP contribution in [-0.4, -0.2) is 19.1 Å². The van der Waals surface area contributed by atoms with Crippen molar-refractivity contribution in [3.05, 3.63) is 113 Å². The van der Waals surface area contributed by atoms with Crippen LogP contribution in [0, 0.1) is 6.92 Å². The van der Waals surface area contributed by atoms with Gasteiger partial charge >= 0.3 is 0 Å². The molecule has 1 aliphatic carbocycles. The molecule has 0 radical (unpaired) electrons. The minimum atomic E-state index is 0.735. The molecule has 0 fully saturated rings. The summed E-state index contributed by atoms with van der Waals surface area (Å²) in [5, 5.41) is 3.63. The standard InChI is InChI=1S/C30H20N4/c1-20-31-29(33-25-15-4-2-3-11-21(25)22-12-5-8-16-26(22)33)19-30(32-20)34-27-17-9-6-13-23(27)24-14-7-10-18-28(24)34/h4-14,16-19H,15H2,1H3. The van der Waals surface area contributed by atoms with Gasteiger partial charge in [-0.1, -0.05) is 66.1 Å². The summed E-state index contributed by atoms with van der Waals surface area (Å²) in [4.78, 5) is 9.80. The summed E-state index contributed by atoms with van der Waals surface area (Å²) in [6, 6.07) is 27.6. The highest BCUT2D eigenvalue weighted by molar-refractivity contribution is 6.09. The smallest absolute Gasteiger partial charge is 0.143 e. The maximum absolute atomic E-state index is 4.91. The number of fused-ring (bicyclic) bond motifs is 6. The molecular weight excluding hydrogens is 416 g/mol. The Morgan fingerprint density at radius 2 is 1.24 bits per heavy atom. The molecule has 0 saturated heterocycles. The van der Waals surface area contributed by atoms with Gasteiger partial charge in [0.2, 0.25) is 0 Å². The quantitative estimate of drug-likeness (QED) is 0.283. The molecule has 4 heteroatoms. The van der Waals surface area contributed by atoms with Crippen molar-refractivity contribution in [1.82, 2.24) is 19.1 Å². The van der Waals surface area contributed by atoms with Crippen LogP contribution >= 0.6 is 0 Å². The van der Waals surface area contributed by atoms with E-state index >= 15 is 0 Å². The van der Waals surface area contributed by atoms with Crippen LogP contribution in [-0.2, 0) is 6.42 Å². The maximum atomic E-state index is 4.91. The fraction of sp³-hybridized carbons (Fsp3) is 0.0667. The molecule has 3 aromatic carbocycles. The second kappa shape index (κ2) is 7.19. The van der Waals surface area contributed by atoms with Gasteiger partial charge in [-0.25, -0.2) is 9.97 Å². The van der Waals surface area contributed by atoms with Gasteiger partial charge in [0.15, 0.2) is 0 Å². The Kier molecular flexibility index (Phi) is 4.00. The van der Waals surface area contributed by atoms with Crippen LogP contribution in [0.25, 0.3) is 50.4 Å². The fourth-order valence-electron chi connectivity index (χ4n) is 5.20. The summed E-state index contributed by atoms with van der Waals surface area (Å²) >= 11 is 0. The Morgan fingerprint density at radius 1 is 0.676 bits per heavy atom. The zero-order valence-electron chi connectivity index (χ0n) is 18.7. The van der Waals surface area contributed by atoms with Crippen molar-refractivity contribution in [2.24, 2.45) is 0 Å². The molecule has 160 valence electrons. The van der Waals surface area contributed by atoms with E-state index in [1.165, 1.54) is 27.4 Å². The second-order valence-corrected chi connectivity index (χ2v) is 8.56. The van der Waals surface area contributed by atoms with Gasteiger partial charge in [0, 0.05) is 39.9 Å². The predicted octanol–water partition coefficient (Wildman–Crippen LogP) is 6.71. The molecule has 0 amide bonds. The van der Waals surface area contributed by atoms with E-state index in [9.17, 15) is 0 Å². The average Bonchev–Trinajstić information content (AvgIpc) is 3.25. The Labute approximate surface area is 196 Å². The molecule has 34 heavy (non-hydrogen) atoms. The summed E-state index contributed by atoms with van der Waals surface area (Å²) in [6.07, 6.45) is 4.82. The Morgan fingerprint density at radius 3 is 1.91 bits per heavy atom. The van der Waals surface area contributed by atoms with E-state index in [1.54, 1.807) is 0 Å². The fourth-order valence-corrected chi connectivity index (χ4v) is 5.20. The van der Waals surface area contributed by atoms with E-state index in [2.05, 4.69) is 99.5 Å². The van der Waals surface area contributed by atoms with E-state index in [0.29, 0.717) is 0 Å². The number of allylic oxidation sites excluding steroid dienone is 1. The third-order valence-corrected chi connectivity index (χ3v) is 6.56. The first-order valence-corrected chi connectivity index (χ1v) is 11.4. The highest BCUT2D eigenvalue weighted by atomic mass is 15.1. The summed E-state index contributed by atoms with van der Waals surface area (Å²) < 4.78 is 4.51. The van der Waals surface area contributed by atoms with Crippen LogP contribution in [0.2, 0.25) is 0 Å². The highest BCUT2D eigenvalue weighted by Gasteiger charge is 2.19. The Hall–Kier alpha value is -4.62. The third kappa shape index (κ3) is 2.68. The summed E-state index contributed by atoms with van der Waals surface area (Å²) in [5.74, 6) is 2.47. The lowest BCUT2D eigenvalue weighted by Gasteiger charge is -2.13. The van der Waals surface area contributed by atoms with E-state index in [4.69, 9.17) is 9.97 Å². The molecule has 0 bridgehead atoms. The SMILES string of the molecule is Cc1nc(-n2c3c(c4ccccc42)C=C=C=CC3)cc(-n2c3ccccc3c3ccccc32)n1. The van der Waals surface area contributed by atoms with E-state index in [-0.39, 0.29) is 0 Å². The van der Waals surface area contributed by atoms with Gasteiger partial charge in [0.1, 0.15) is 17.5 Å². The highest BCUT2D eigenvalue weighted by Crippen LogP contribution is 2.34. The summed E-state index contributed by atoms with van der Waals surface area (Å²) in [5.41, 5.74) is 12.1.